The lowest BCUT2D eigenvalue weighted by Gasteiger charge is -2.29. The van der Waals surface area contributed by atoms with E-state index in [0.717, 1.165) is 26.1 Å². The topological polar surface area (TPSA) is 42.5 Å². The minimum Gasteiger partial charge on any atom is -0.376 e. The van der Waals surface area contributed by atoms with Crippen molar-refractivity contribution in [3.05, 3.63) is 0 Å². The van der Waals surface area contributed by atoms with Crippen LogP contribution in [0.15, 0.2) is 0 Å². The Morgan fingerprint density at radius 3 is 2.92 bits per heavy atom. The van der Waals surface area contributed by atoms with Crippen molar-refractivity contribution in [1.82, 2.24) is 10.8 Å². The van der Waals surface area contributed by atoms with E-state index in [-0.39, 0.29) is 0 Å². The summed E-state index contributed by atoms with van der Waals surface area (Å²) in [5.41, 5.74) is 3.02. The van der Waals surface area contributed by atoms with Gasteiger partial charge in [-0.05, 0) is 19.3 Å². The van der Waals surface area contributed by atoms with E-state index >= 15 is 0 Å². The number of hydrogen-bond acceptors (Lipinski definition) is 4. The maximum absolute atomic E-state index is 5.53. The van der Waals surface area contributed by atoms with Crippen molar-refractivity contribution in [2.24, 2.45) is 0 Å². The third-order valence-corrected chi connectivity index (χ3v) is 2.57. The minimum atomic E-state index is 0.314. The molecule has 0 amide bonds. The second-order valence-electron chi connectivity index (χ2n) is 3.77. The highest BCUT2D eigenvalue weighted by atomic mass is 16.7. The monoisotopic (exact) mass is 186 g/mol. The lowest BCUT2D eigenvalue weighted by Crippen LogP contribution is -2.55. The number of hydrogen-bond donors (Lipinski definition) is 2. The lowest BCUT2D eigenvalue weighted by molar-refractivity contribution is -0.0818. The van der Waals surface area contributed by atoms with E-state index in [4.69, 9.17) is 9.57 Å². The summed E-state index contributed by atoms with van der Waals surface area (Å²) in [6.07, 6.45) is 3.94. The maximum Gasteiger partial charge on any atom is 0.0944 e. The molecule has 0 aliphatic carbocycles. The fourth-order valence-electron chi connectivity index (χ4n) is 1.57. The van der Waals surface area contributed by atoms with Gasteiger partial charge in [0.2, 0.25) is 0 Å². The summed E-state index contributed by atoms with van der Waals surface area (Å²) in [5, 5.41) is 3.18. The summed E-state index contributed by atoms with van der Waals surface area (Å²) < 4.78 is 5.53. The summed E-state index contributed by atoms with van der Waals surface area (Å²) in [5.74, 6) is 0. The Labute approximate surface area is 78.9 Å². The Balaban J connectivity index is 1.50. The Bertz CT molecular complexity index is 145. The van der Waals surface area contributed by atoms with Gasteiger partial charge in [0.25, 0.3) is 0 Å². The first-order chi connectivity index (χ1) is 6.45. The summed E-state index contributed by atoms with van der Waals surface area (Å²) in [7, 11) is 0. The van der Waals surface area contributed by atoms with Gasteiger partial charge in [0, 0.05) is 19.7 Å². The third kappa shape index (κ3) is 2.91. The maximum atomic E-state index is 5.53. The predicted octanol–water partition coefficient (Wildman–Crippen LogP) is 0.0485. The van der Waals surface area contributed by atoms with Gasteiger partial charge in [-0.1, -0.05) is 0 Å². The van der Waals surface area contributed by atoms with Crippen molar-refractivity contribution in [3.63, 3.8) is 0 Å². The predicted molar refractivity (Wildman–Crippen MR) is 49.3 cm³/mol. The number of hydroxylamine groups is 1. The SMILES string of the molecule is C1CCC(CONC2CNC2)OC1. The summed E-state index contributed by atoms with van der Waals surface area (Å²) >= 11 is 0. The quantitative estimate of drug-likeness (QED) is 0.609. The van der Waals surface area contributed by atoms with E-state index in [1.807, 2.05) is 0 Å². The normalized spacial score (nSPS) is 30.0. The third-order valence-electron chi connectivity index (χ3n) is 2.57. The molecular formula is C9H18N2O2. The van der Waals surface area contributed by atoms with Crippen LogP contribution in [0.1, 0.15) is 19.3 Å². The van der Waals surface area contributed by atoms with Crippen molar-refractivity contribution < 1.29 is 9.57 Å². The molecule has 2 aliphatic rings. The molecule has 2 N–H and O–H groups in total. The zero-order valence-corrected chi connectivity index (χ0v) is 7.92. The highest BCUT2D eigenvalue weighted by Crippen LogP contribution is 2.12. The van der Waals surface area contributed by atoms with E-state index in [1.54, 1.807) is 0 Å². The van der Waals surface area contributed by atoms with Crippen molar-refractivity contribution in [1.29, 1.82) is 0 Å². The largest absolute Gasteiger partial charge is 0.376 e. The molecule has 4 nitrogen and oxygen atoms in total. The summed E-state index contributed by atoms with van der Waals surface area (Å²) in [6.45, 7) is 3.63. The van der Waals surface area contributed by atoms with Crippen LogP contribution in [0.5, 0.6) is 0 Å². The van der Waals surface area contributed by atoms with Gasteiger partial charge in [0.1, 0.15) is 0 Å². The zero-order chi connectivity index (χ0) is 8.93. The van der Waals surface area contributed by atoms with Crippen LogP contribution in [0.25, 0.3) is 0 Å². The molecular weight excluding hydrogens is 168 g/mol. The van der Waals surface area contributed by atoms with Gasteiger partial charge in [0.15, 0.2) is 0 Å². The molecule has 4 heteroatoms. The average molecular weight is 186 g/mol. The molecule has 0 aromatic rings. The standard InChI is InChI=1S/C9H18N2O2/c1-2-4-12-9(3-1)7-13-11-8-5-10-6-8/h8-11H,1-7H2. The Morgan fingerprint density at radius 1 is 1.38 bits per heavy atom. The fraction of sp³-hybridized carbons (Fsp3) is 1.00. The molecule has 13 heavy (non-hydrogen) atoms. The van der Waals surface area contributed by atoms with Crippen LogP contribution in [0, 0.1) is 0 Å². The van der Waals surface area contributed by atoms with Gasteiger partial charge in [-0.25, -0.2) is 0 Å². The molecule has 2 heterocycles. The van der Waals surface area contributed by atoms with E-state index in [2.05, 4.69) is 10.8 Å². The van der Waals surface area contributed by atoms with E-state index < -0.39 is 0 Å². The molecule has 0 saturated carbocycles. The van der Waals surface area contributed by atoms with Gasteiger partial charge in [-0.15, -0.1) is 0 Å². The lowest BCUT2D eigenvalue weighted by atomic mass is 10.1. The van der Waals surface area contributed by atoms with E-state index in [0.29, 0.717) is 18.8 Å². The Hall–Kier alpha value is -0.160. The van der Waals surface area contributed by atoms with Crippen molar-refractivity contribution in [2.45, 2.75) is 31.4 Å². The molecule has 0 aromatic heterocycles. The van der Waals surface area contributed by atoms with Crippen LogP contribution in [0.2, 0.25) is 0 Å². The van der Waals surface area contributed by atoms with Crippen molar-refractivity contribution in [3.8, 4) is 0 Å². The molecule has 0 spiro atoms. The number of nitrogens with one attached hydrogen (secondary N) is 2. The number of rotatable bonds is 4. The van der Waals surface area contributed by atoms with Crippen LogP contribution >= 0.6 is 0 Å². The van der Waals surface area contributed by atoms with Crippen LogP contribution in [-0.2, 0) is 9.57 Å². The van der Waals surface area contributed by atoms with Gasteiger partial charge in [-0.2, -0.15) is 5.48 Å². The first-order valence-corrected chi connectivity index (χ1v) is 5.15. The first kappa shape index (κ1) is 9.40. The van der Waals surface area contributed by atoms with Crippen LogP contribution in [0.4, 0.5) is 0 Å². The molecule has 2 aliphatic heterocycles. The summed E-state index contributed by atoms with van der Waals surface area (Å²) in [6, 6.07) is 0.503. The second kappa shape index (κ2) is 4.91. The van der Waals surface area contributed by atoms with Gasteiger partial charge < -0.3 is 10.1 Å². The second-order valence-corrected chi connectivity index (χ2v) is 3.77. The fourth-order valence-corrected chi connectivity index (χ4v) is 1.57. The van der Waals surface area contributed by atoms with E-state index in [1.165, 1.54) is 12.8 Å². The highest BCUT2D eigenvalue weighted by Gasteiger charge is 2.18. The minimum absolute atomic E-state index is 0.314. The van der Waals surface area contributed by atoms with E-state index in [9.17, 15) is 0 Å². The molecule has 2 saturated heterocycles. The Morgan fingerprint density at radius 2 is 2.31 bits per heavy atom. The molecule has 1 atom stereocenters. The molecule has 0 bridgehead atoms. The summed E-state index contributed by atoms with van der Waals surface area (Å²) in [4.78, 5) is 5.36. The zero-order valence-electron chi connectivity index (χ0n) is 7.92. The smallest absolute Gasteiger partial charge is 0.0944 e. The molecule has 0 radical (unpaired) electrons. The van der Waals surface area contributed by atoms with Crippen molar-refractivity contribution >= 4 is 0 Å². The van der Waals surface area contributed by atoms with Gasteiger partial charge in [0.05, 0.1) is 18.8 Å². The molecule has 2 fully saturated rings. The van der Waals surface area contributed by atoms with Crippen molar-refractivity contribution in [2.75, 3.05) is 26.3 Å². The van der Waals surface area contributed by atoms with Gasteiger partial charge in [-0.3, -0.25) is 4.84 Å². The Kier molecular flexibility index (Phi) is 3.55. The van der Waals surface area contributed by atoms with Crippen LogP contribution in [0.3, 0.4) is 0 Å². The van der Waals surface area contributed by atoms with Crippen LogP contribution in [-0.4, -0.2) is 38.4 Å². The van der Waals surface area contributed by atoms with Gasteiger partial charge >= 0.3 is 0 Å². The molecule has 76 valence electrons. The molecule has 0 aromatic carbocycles. The molecule has 2 rings (SSSR count). The number of ether oxygens (including phenoxy) is 1. The van der Waals surface area contributed by atoms with Crippen LogP contribution < -0.4 is 10.8 Å². The first-order valence-electron chi connectivity index (χ1n) is 5.15. The average Bonchev–Trinajstić information content (AvgIpc) is 2.11. The molecule has 1 unspecified atom stereocenters. The highest BCUT2D eigenvalue weighted by molar-refractivity contribution is 4.78.